The second kappa shape index (κ2) is 4.88. The quantitative estimate of drug-likeness (QED) is 0.766. The van der Waals surface area contributed by atoms with Crippen LogP contribution in [-0.4, -0.2) is 17.8 Å². The molecule has 0 amide bonds. The van der Waals surface area contributed by atoms with Gasteiger partial charge in [-0.1, -0.05) is 48.0 Å². The van der Waals surface area contributed by atoms with E-state index in [2.05, 4.69) is 48.5 Å². The van der Waals surface area contributed by atoms with Gasteiger partial charge in [-0.05, 0) is 36.1 Å². The Morgan fingerprint density at radius 1 is 1.10 bits per heavy atom. The number of hydrazone groups is 1. The van der Waals surface area contributed by atoms with Crippen LogP contribution in [0.4, 0.5) is 0 Å². The minimum atomic E-state index is 0.325. The molecule has 21 heavy (non-hydrogen) atoms. The van der Waals surface area contributed by atoms with E-state index in [0.29, 0.717) is 12.0 Å². The zero-order valence-electron chi connectivity index (χ0n) is 12.0. The molecule has 0 fully saturated rings. The van der Waals surface area contributed by atoms with Crippen LogP contribution in [0.1, 0.15) is 29.2 Å². The largest absolute Gasteiger partial charge is 0.292 e. The number of nitrogens with zero attached hydrogens (tertiary/aromatic N) is 2. The van der Waals surface area contributed by atoms with Crippen molar-refractivity contribution >= 4 is 17.3 Å². The fourth-order valence-electron chi connectivity index (χ4n) is 3.67. The number of aryl methyl sites for hydroxylation is 1. The Morgan fingerprint density at radius 2 is 1.86 bits per heavy atom. The van der Waals surface area contributed by atoms with Gasteiger partial charge in [0, 0.05) is 23.6 Å². The summed E-state index contributed by atoms with van der Waals surface area (Å²) >= 11 is 6.02. The first-order chi connectivity index (χ1) is 10.2. The lowest BCUT2D eigenvalue weighted by Crippen LogP contribution is -2.27. The summed E-state index contributed by atoms with van der Waals surface area (Å²) < 4.78 is 0. The van der Waals surface area contributed by atoms with E-state index in [-0.39, 0.29) is 0 Å². The summed E-state index contributed by atoms with van der Waals surface area (Å²) in [6.07, 6.45) is 2.30. The molecular formula is C18H17ClN2. The highest BCUT2D eigenvalue weighted by molar-refractivity contribution is 6.30. The van der Waals surface area contributed by atoms with Crippen molar-refractivity contribution in [2.24, 2.45) is 11.0 Å². The molecule has 0 saturated heterocycles. The predicted molar refractivity (Wildman–Crippen MR) is 86.7 cm³/mol. The van der Waals surface area contributed by atoms with E-state index in [0.717, 1.165) is 17.9 Å². The summed E-state index contributed by atoms with van der Waals surface area (Å²) in [6.45, 7) is 0. The molecule has 1 aliphatic heterocycles. The van der Waals surface area contributed by atoms with Crippen molar-refractivity contribution in [3.8, 4) is 0 Å². The van der Waals surface area contributed by atoms with E-state index in [1.54, 1.807) is 0 Å². The monoisotopic (exact) mass is 296 g/mol. The van der Waals surface area contributed by atoms with Crippen LogP contribution in [0, 0.1) is 5.92 Å². The third kappa shape index (κ3) is 2.06. The molecule has 0 bridgehead atoms. The van der Waals surface area contributed by atoms with E-state index < -0.39 is 0 Å². The molecule has 2 aromatic rings. The van der Waals surface area contributed by atoms with Crippen molar-refractivity contribution < 1.29 is 0 Å². The van der Waals surface area contributed by atoms with Crippen LogP contribution in [0.15, 0.2) is 53.6 Å². The van der Waals surface area contributed by atoms with Gasteiger partial charge in [0.25, 0.3) is 0 Å². The molecule has 1 heterocycles. The number of halogens is 1. The Hall–Kier alpha value is -1.80. The normalized spacial score (nSPS) is 23.5. The van der Waals surface area contributed by atoms with Gasteiger partial charge in [-0.25, -0.2) is 0 Å². The first-order valence-electron chi connectivity index (χ1n) is 7.39. The van der Waals surface area contributed by atoms with E-state index in [1.807, 2.05) is 12.1 Å². The molecule has 0 spiro atoms. The molecule has 0 radical (unpaired) electrons. The number of rotatable bonds is 1. The van der Waals surface area contributed by atoms with Crippen molar-refractivity contribution in [1.82, 2.24) is 5.01 Å². The molecule has 2 aromatic carbocycles. The Bertz CT molecular complexity index is 705. The van der Waals surface area contributed by atoms with Crippen molar-refractivity contribution in [2.45, 2.75) is 18.9 Å². The van der Waals surface area contributed by atoms with E-state index in [1.165, 1.54) is 22.4 Å². The summed E-state index contributed by atoms with van der Waals surface area (Å²) in [7, 11) is 2.08. The second-order valence-corrected chi connectivity index (χ2v) is 6.29. The number of fused-ring (bicyclic) bond motifs is 3. The summed E-state index contributed by atoms with van der Waals surface area (Å²) in [4.78, 5) is 0. The molecule has 4 rings (SSSR count). The topological polar surface area (TPSA) is 15.6 Å². The molecule has 2 nitrogen and oxygen atoms in total. The number of benzene rings is 2. The van der Waals surface area contributed by atoms with Crippen molar-refractivity contribution in [1.29, 1.82) is 0 Å². The molecule has 0 N–H and O–H groups in total. The maximum atomic E-state index is 6.02. The van der Waals surface area contributed by atoms with E-state index in [9.17, 15) is 0 Å². The minimum absolute atomic E-state index is 0.325. The highest BCUT2D eigenvalue weighted by Gasteiger charge is 2.39. The molecule has 0 aromatic heterocycles. The summed E-state index contributed by atoms with van der Waals surface area (Å²) in [5.41, 5.74) is 5.30. The van der Waals surface area contributed by atoms with E-state index >= 15 is 0 Å². The molecule has 1 aliphatic carbocycles. The maximum absolute atomic E-state index is 6.02. The van der Waals surface area contributed by atoms with Crippen LogP contribution in [0.2, 0.25) is 5.02 Å². The lowest BCUT2D eigenvalue weighted by atomic mass is 9.77. The van der Waals surface area contributed by atoms with Crippen molar-refractivity contribution in [3.05, 3.63) is 70.2 Å². The average molecular weight is 297 g/mol. The Kier molecular flexibility index (Phi) is 3.00. The highest BCUT2D eigenvalue weighted by atomic mass is 35.5. The fourth-order valence-corrected chi connectivity index (χ4v) is 3.80. The number of hydrogen-bond donors (Lipinski definition) is 0. The van der Waals surface area contributed by atoms with Gasteiger partial charge in [-0.15, -0.1) is 0 Å². The Labute approximate surface area is 130 Å². The van der Waals surface area contributed by atoms with Crippen LogP contribution >= 0.6 is 11.6 Å². The second-order valence-electron chi connectivity index (χ2n) is 5.86. The van der Waals surface area contributed by atoms with Gasteiger partial charge in [-0.3, -0.25) is 5.01 Å². The third-order valence-corrected chi connectivity index (χ3v) is 4.88. The van der Waals surface area contributed by atoms with Crippen LogP contribution in [-0.2, 0) is 6.42 Å². The first kappa shape index (κ1) is 12.9. The molecular weight excluding hydrogens is 280 g/mol. The van der Waals surface area contributed by atoms with Gasteiger partial charge in [0.05, 0.1) is 11.8 Å². The van der Waals surface area contributed by atoms with Crippen LogP contribution in [0.25, 0.3) is 0 Å². The van der Waals surface area contributed by atoms with Crippen LogP contribution in [0.5, 0.6) is 0 Å². The highest BCUT2D eigenvalue weighted by Crippen LogP contribution is 2.42. The van der Waals surface area contributed by atoms with Gasteiger partial charge in [0.1, 0.15) is 0 Å². The standard InChI is InChI=1S/C18H17ClN2/c1-21-18(13-6-9-14(19)10-7-13)16-11-8-12-4-2-3-5-15(12)17(16)20-21/h2-7,9-10,16,18H,8,11H2,1H3/t16-,18-/m1/s1. The SMILES string of the molecule is CN1N=C2c3ccccc3CC[C@H]2[C@H]1c1ccc(Cl)cc1. The van der Waals surface area contributed by atoms with Gasteiger partial charge >= 0.3 is 0 Å². The van der Waals surface area contributed by atoms with Gasteiger partial charge in [-0.2, -0.15) is 5.10 Å². The first-order valence-corrected chi connectivity index (χ1v) is 7.77. The van der Waals surface area contributed by atoms with Crippen LogP contribution < -0.4 is 0 Å². The fraction of sp³-hybridized carbons (Fsp3) is 0.278. The summed E-state index contributed by atoms with van der Waals surface area (Å²) in [5, 5.41) is 7.75. The van der Waals surface area contributed by atoms with Crippen molar-refractivity contribution in [2.75, 3.05) is 7.05 Å². The van der Waals surface area contributed by atoms with E-state index in [4.69, 9.17) is 16.7 Å². The van der Waals surface area contributed by atoms with Crippen molar-refractivity contribution in [3.63, 3.8) is 0 Å². The molecule has 3 heteroatoms. The van der Waals surface area contributed by atoms with Gasteiger partial charge in [0.15, 0.2) is 0 Å². The molecule has 106 valence electrons. The van der Waals surface area contributed by atoms with Gasteiger partial charge in [0.2, 0.25) is 0 Å². The minimum Gasteiger partial charge on any atom is -0.292 e. The molecule has 0 unspecified atom stereocenters. The molecule has 2 atom stereocenters. The summed E-state index contributed by atoms with van der Waals surface area (Å²) in [5.74, 6) is 0.478. The smallest absolute Gasteiger partial charge is 0.0801 e. The predicted octanol–water partition coefficient (Wildman–Crippen LogP) is 4.29. The zero-order valence-corrected chi connectivity index (χ0v) is 12.7. The lowest BCUT2D eigenvalue weighted by molar-refractivity contribution is 0.244. The summed E-state index contributed by atoms with van der Waals surface area (Å²) in [6, 6.07) is 17.2. The van der Waals surface area contributed by atoms with Gasteiger partial charge < -0.3 is 0 Å². The zero-order chi connectivity index (χ0) is 14.4. The Morgan fingerprint density at radius 3 is 2.67 bits per heavy atom. The third-order valence-electron chi connectivity index (χ3n) is 4.63. The van der Waals surface area contributed by atoms with Crippen LogP contribution in [0.3, 0.4) is 0 Å². The average Bonchev–Trinajstić information content (AvgIpc) is 2.85. The Balaban J connectivity index is 1.74. The number of hydrogen-bond acceptors (Lipinski definition) is 2. The molecule has 0 saturated carbocycles. The molecule has 2 aliphatic rings. The maximum Gasteiger partial charge on any atom is 0.0801 e. The lowest BCUT2D eigenvalue weighted by Gasteiger charge is -2.29.